The third-order valence-corrected chi connectivity index (χ3v) is 3.16. The van der Waals surface area contributed by atoms with Crippen LogP contribution in [0.25, 0.3) is 0 Å². The Kier molecular flexibility index (Phi) is 3.29. The second-order valence-electron chi connectivity index (χ2n) is 4.41. The molecule has 0 aliphatic rings. The van der Waals surface area contributed by atoms with Crippen LogP contribution in [0.2, 0.25) is 0 Å². The Morgan fingerprint density at radius 2 is 2.00 bits per heavy atom. The van der Waals surface area contributed by atoms with Crippen LogP contribution in [0.3, 0.4) is 0 Å². The molecule has 1 unspecified atom stereocenters. The molecule has 1 N–H and O–H groups in total. The Labute approximate surface area is 102 Å². The zero-order valence-corrected chi connectivity index (χ0v) is 10.3. The maximum absolute atomic E-state index is 10.7. The summed E-state index contributed by atoms with van der Waals surface area (Å²) in [4.78, 5) is 4.27. The quantitative estimate of drug-likeness (QED) is 0.875. The summed E-state index contributed by atoms with van der Waals surface area (Å²) in [5.41, 5.74) is 0.236. The van der Waals surface area contributed by atoms with E-state index in [0.29, 0.717) is 12.8 Å². The monoisotopic (exact) mass is 230 g/mol. The molecule has 0 radical (unpaired) electrons. The van der Waals surface area contributed by atoms with Crippen molar-refractivity contribution in [3.05, 3.63) is 54.1 Å². The lowest BCUT2D eigenvalue weighted by atomic mass is 9.91. The first-order valence-corrected chi connectivity index (χ1v) is 5.90. The molecular weight excluding hydrogens is 212 g/mol. The Bertz CT molecular complexity index is 478. The maximum Gasteiger partial charge on any atom is 0.140 e. The molecular formula is C14H18N2O. The van der Waals surface area contributed by atoms with Crippen molar-refractivity contribution in [3.8, 4) is 0 Å². The molecule has 3 nitrogen and oxygen atoms in total. The van der Waals surface area contributed by atoms with Gasteiger partial charge in [-0.05, 0) is 12.0 Å². The van der Waals surface area contributed by atoms with E-state index in [4.69, 9.17) is 0 Å². The molecule has 0 aliphatic carbocycles. The fourth-order valence-electron chi connectivity index (χ4n) is 2.11. The number of aromatic nitrogens is 2. The number of hydrogen-bond donors (Lipinski definition) is 1. The van der Waals surface area contributed by atoms with Crippen LogP contribution in [0.5, 0.6) is 0 Å². The van der Waals surface area contributed by atoms with Crippen LogP contribution in [0.4, 0.5) is 0 Å². The summed E-state index contributed by atoms with van der Waals surface area (Å²) in [6, 6.07) is 10.0. The van der Waals surface area contributed by atoms with E-state index in [1.54, 1.807) is 6.20 Å². The first-order chi connectivity index (χ1) is 8.15. The molecule has 2 rings (SSSR count). The topological polar surface area (TPSA) is 38.1 Å². The van der Waals surface area contributed by atoms with Gasteiger partial charge in [0.05, 0.1) is 0 Å². The number of aryl methyl sites for hydroxylation is 1. The van der Waals surface area contributed by atoms with Gasteiger partial charge in [0.2, 0.25) is 0 Å². The minimum atomic E-state index is -0.889. The summed E-state index contributed by atoms with van der Waals surface area (Å²) in [7, 11) is 1.91. The molecule has 0 aliphatic heterocycles. The van der Waals surface area contributed by atoms with E-state index in [1.807, 2.05) is 55.1 Å². The molecule has 1 aromatic heterocycles. The van der Waals surface area contributed by atoms with Gasteiger partial charge in [-0.3, -0.25) is 0 Å². The standard InChI is InChI=1S/C14H18N2O/c1-3-14(17,13-15-9-10-16(13)2)11-12-7-5-4-6-8-12/h4-10,17H,3,11H2,1-2H3. The van der Waals surface area contributed by atoms with E-state index in [-0.39, 0.29) is 0 Å². The average molecular weight is 230 g/mol. The average Bonchev–Trinajstić information content (AvgIpc) is 2.77. The SMILES string of the molecule is CCC(O)(Cc1ccccc1)c1nccn1C. The van der Waals surface area contributed by atoms with Crippen LogP contribution in [0.1, 0.15) is 24.7 Å². The van der Waals surface area contributed by atoms with E-state index in [9.17, 15) is 5.11 Å². The van der Waals surface area contributed by atoms with Crippen molar-refractivity contribution in [2.75, 3.05) is 0 Å². The lowest BCUT2D eigenvalue weighted by molar-refractivity contribution is 0.0210. The predicted molar refractivity (Wildman–Crippen MR) is 67.5 cm³/mol. The number of benzene rings is 1. The molecule has 0 fully saturated rings. The summed E-state index contributed by atoms with van der Waals surface area (Å²) in [5, 5.41) is 10.7. The molecule has 2 aromatic rings. The van der Waals surface area contributed by atoms with Crippen LogP contribution in [-0.4, -0.2) is 14.7 Å². The predicted octanol–water partition coefficient (Wildman–Crippen LogP) is 2.26. The number of hydrogen-bond acceptors (Lipinski definition) is 2. The van der Waals surface area contributed by atoms with Crippen LogP contribution in [0.15, 0.2) is 42.7 Å². The molecule has 1 aromatic carbocycles. The Hall–Kier alpha value is -1.61. The smallest absolute Gasteiger partial charge is 0.140 e. The second-order valence-corrected chi connectivity index (χ2v) is 4.41. The van der Waals surface area contributed by atoms with Gasteiger partial charge in [-0.1, -0.05) is 37.3 Å². The van der Waals surface area contributed by atoms with Crippen molar-refractivity contribution in [2.24, 2.45) is 7.05 Å². The molecule has 0 amide bonds. The molecule has 1 atom stereocenters. The van der Waals surface area contributed by atoms with E-state index < -0.39 is 5.60 Å². The van der Waals surface area contributed by atoms with Gasteiger partial charge in [-0.25, -0.2) is 4.98 Å². The molecule has 3 heteroatoms. The van der Waals surface area contributed by atoms with E-state index in [1.165, 1.54) is 0 Å². The van der Waals surface area contributed by atoms with Gasteiger partial charge in [0.15, 0.2) is 0 Å². The summed E-state index contributed by atoms with van der Waals surface area (Å²) >= 11 is 0. The first kappa shape index (κ1) is 11.9. The lowest BCUT2D eigenvalue weighted by Crippen LogP contribution is -2.31. The fourth-order valence-corrected chi connectivity index (χ4v) is 2.11. The summed E-state index contributed by atoms with van der Waals surface area (Å²) < 4.78 is 1.88. The third kappa shape index (κ3) is 2.39. The van der Waals surface area contributed by atoms with Crippen molar-refractivity contribution < 1.29 is 5.11 Å². The molecule has 1 heterocycles. The highest BCUT2D eigenvalue weighted by Crippen LogP contribution is 2.27. The van der Waals surface area contributed by atoms with Crippen molar-refractivity contribution in [3.63, 3.8) is 0 Å². The van der Waals surface area contributed by atoms with E-state index in [0.717, 1.165) is 11.4 Å². The van der Waals surface area contributed by atoms with Crippen molar-refractivity contribution in [1.82, 2.24) is 9.55 Å². The molecule has 90 valence electrons. The summed E-state index contributed by atoms with van der Waals surface area (Å²) in [5.74, 6) is 0.726. The molecule has 0 saturated heterocycles. The van der Waals surface area contributed by atoms with Gasteiger partial charge in [0.1, 0.15) is 11.4 Å². The van der Waals surface area contributed by atoms with Crippen LogP contribution in [0, 0.1) is 0 Å². The van der Waals surface area contributed by atoms with Gasteiger partial charge in [0.25, 0.3) is 0 Å². The Morgan fingerprint density at radius 1 is 1.29 bits per heavy atom. The van der Waals surface area contributed by atoms with Gasteiger partial charge in [-0.15, -0.1) is 0 Å². The minimum Gasteiger partial charge on any atom is -0.382 e. The maximum atomic E-state index is 10.7. The summed E-state index contributed by atoms with van der Waals surface area (Å²) in [6.45, 7) is 1.98. The van der Waals surface area contributed by atoms with Gasteiger partial charge >= 0.3 is 0 Å². The fraction of sp³-hybridized carbons (Fsp3) is 0.357. The zero-order valence-electron chi connectivity index (χ0n) is 10.3. The molecule has 17 heavy (non-hydrogen) atoms. The Balaban J connectivity index is 2.30. The van der Waals surface area contributed by atoms with Crippen molar-refractivity contribution in [1.29, 1.82) is 0 Å². The third-order valence-electron chi connectivity index (χ3n) is 3.16. The van der Waals surface area contributed by atoms with Crippen molar-refractivity contribution in [2.45, 2.75) is 25.4 Å². The van der Waals surface area contributed by atoms with Crippen LogP contribution >= 0.6 is 0 Å². The van der Waals surface area contributed by atoms with Gasteiger partial charge < -0.3 is 9.67 Å². The largest absolute Gasteiger partial charge is 0.382 e. The number of rotatable bonds is 4. The van der Waals surface area contributed by atoms with E-state index >= 15 is 0 Å². The van der Waals surface area contributed by atoms with Crippen LogP contribution in [-0.2, 0) is 19.1 Å². The highest BCUT2D eigenvalue weighted by atomic mass is 16.3. The number of imidazole rings is 1. The second kappa shape index (κ2) is 4.72. The molecule has 0 bridgehead atoms. The first-order valence-electron chi connectivity index (χ1n) is 5.90. The zero-order chi connectivity index (χ0) is 12.3. The molecule has 0 saturated carbocycles. The van der Waals surface area contributed by atoms with Gasteiger partial charge in [0, 0.05) is 25.9 Å². The van der Waals surface area contributed by atoms with Crippen molar-refractivity contribution >= 4 is 0 Å². The number of nitrogens with zero attached hydrogens (tertiary/aromatic N) is 2. The van der Waals surface area contributed by atoms with E-state index in [2.05, 4.69) is 4.98 Å². The molecule has 0 spiro atoms. The lowest BCUT2D eigenvalue weighted by Gasteiger charge is -2.26. The number of aliphatic hydroxyl groups is 1. The Morgan fingerprint density at radius 3 is 2.53 bits per heavy atom. The highest BCUT2D eigenvalue weighted by Gasteiger charge is 2.31. The van der Waals surface area contributed by atoms with Gasteiger partial charge in [-0.2, -0.15) is 0 Å². The highest BCUT2D eigenvalue weighted by molar-refractivity contribution is 5.19. The normalized spacial score (nSPS) is 14.5. The summed E-state index contributed by atoms with van der Waals surface area (Å²) in [6.07, 6.45) is 4.82. The van der Waals surface area contributed by atoms with Crippen LogP contribution < -0.4 is 0 Å². The minimum absolute atomic E-state index is 0.592.